The van der Waals surface area contributed by atoms with Gasteiger partial charge in [0.05, 0.1) is 27.9 Å². The lowest BCUT2D eigenvalue weighted by Gasteiger charge is -2.13. The Bertz CT molecular complexity index is 529. The minimum atomic E-state index is -0.623. The van der Waals surface area contributed by atoms with Crippen LogP contribution in [0.5, 0.6) is 17.2 Å². The van der Waals surface area contributed by atoms with E-state index in [4.69, 9.17) is 24.0 Å². The smallest absolute Gasteiger partial charge is 0.376 e. The summed E-state index contributed by atoms with van der Waals surface area (Å²) in [5, 5.41) is 0. The van der Waals surface area contributed by atoms with Crippen LogP contribution in [0.3, 0.4) is 0 Å². The van der Waals surface area contributed by atoms with Crippen molar-refractivity contribution < 1.29 is 28.8 Å². The normalized spacial score (nSPS) is 10.5. The second kappa shape index (κ2) is 13.3. The van der Waals surface area contributed by atoms with Gasteiger partial charge in [-0.2, -0.15) is 4.89 Å². The van der Waals surface area contributed by atoms with Crippen molar-refractivity contribution in [3.8, 4) is 17.2 Å². The van der Waals surface area contributed by atoms with Crippen LogP contribution in [-0.4, -0.2) is 33.9 Å². The van der Waals surface area contributed by atoms with Crippen LogP contribution in [0.25, 0.3) is 0 Å². The first-order valence-corrected chi connectivity index (χ1v) is 9.31. The van der Waals surface area contributed by atoms with E-state index >= 15 is 0 Å². The number of methoxy groups -OCH3 is 3. The van der Waals surface area contributed by atoms with Crippen LogP contribution in [0.4, 0.5) is 0 Å². The molecule has 6 heteroatoms. The first-order chi connectivity index (χ1) is 12.7. The summed E-state index contributed by atoms with van der Waals surface area (Å²) in [7, 11) is 4.49. The molecule has 1 aromatic rings. The second-order valence-electron chi connectivity index (χ2n) is 6.08. The summed E-state index contributed by atoms with van der Waals surface area (Å²) in [5.74, 6) is 0.606. The summed E-state index contributed by atoms with van der Waals surface area (Å²) in [6, 6.07) is 3.09. The van der Waals surface area contributed by atoms with Crippen molar-refractivity contribution in [2.24, 2.45) is 0 Å². The topological polar surface area (TPSA) is 63.2 Å². The number of ether oxygens (including phenoxy) is 3. The van der Waals surface area contributed by atoms with Crippen molar-refractivity contribution in [2.45, 2.75) is 58.3 Å². The molecular weight excluding hydrogens is 336 g/mol. The molecule has 1 aromatic carbocycles. The van der Waals surface area contributed by atoms with Crippen LogP contribution in [-0.2, 0) is 9.78 Å². The molecule has 0 N–H and O–H groups in total. The number of hydrogen-bond acceptors (Lipinski definition) is 6. The predicted octanol–water partition coefficient (Wildman–Crippen LogP) is 4.94. The van der Waals surface area contributed by atoms with Crippen molar-refractivity contribution in [1.29, 1.82) is 0 Å². The van der Waals surface area contributed by atoms with Gasteiger partial charge in [0.15, 0.2) is 11.5 Å². The Hall–Kier alpha value is -1.95. The Kier molecular flexibility index (Phi) is 11.3. The van der Waals surface area contributed by atoms with Crippen LogP contribution in [0, 0.1) is 0 Å². The lowest BCUT2D eigenvalue weighted by atomic mass is 10.1. The highest BCUT2D eigenvalue weighted by Gasteiger charge is 2.19. The Morgan fingerprint density at radius 1 is 0.769 bits per heavy atom. The first-order valence-electron chi connectivity index (χ1n) is 9.31. The zero-order valence-electron chi connectivity index (χ0n) is 16.5. The highest BCUT2D eigenvalue weighted by atomic mass is 17.2. The SMILES string of the molecule is CCCCCCCCCCOOC(=O)c1cc(OC)c(OC)cc1OC. The van der Waals surface area contributed by atoms with E-state index in [9.17, 15) is 4.79 Å². The summed E-state index contributed by atoms with van der Waals surface area (Å²) in [6.45, 7) is 2.60. The molecule has 0 unspecified atom stereocenters. The zero-order valence-corrected chi connectivity index (χ0v) is 16.5. The van der Waals surface area contributed by atoms with Crippen molar-refractivity contribution in [3.63, 3.8) is 0 Å². The van der Waals surface area contributed by atoms with Crippen LogP contribution in [0.15, 0.2) is 12.1 Å². The van der Waals surface area contributed by atoms with Crippen molar-refractivity contribution in [1.82, 2.24) is 0 Å². The monoisotopic (exact) mass is 368 g/mol. The van der Waals surface area contributed by atoms with E-state index in [1.54, 1.807) is 6.07 Å². The van der Waals surface area contributed by atoms with E-state index < -0.39 is 5.97 Å². The maximum absolute atomic E-state index is 12.2. The fraction of sp³-hybridized carbons (Fsp3) is 0.650. The van der Waals surface area contributed by atoms with Crippen molar-refractivity contribution >= 4 is 5.97 Å². The van der Waals surface area contributed by atoms with Crippen LogP contribution >= 0.6 is 0 Å². The van der Waals surface area contributed by atoms with Crippen molar-refractivity contribution in [2.75, 3.05) is 27.9 Å². The maximum atomic E-state index is 12.2. The molecular formula is C20H32O6. The van der Waals surface area contributed by atoms with Gasteiger partial charge in [0, 0.05) is 12.1 Å². The van der Waals surface area contributed by atoms with Gasteiger partial charge in [0.25, 0.3) is 0 Å². The predicted molar refractivity (Wildman–Crippen MR) is 100 cm³/mol. The van der Waals surface area contributed by atoms with Gasteiger partial charge >= 0.3 is 5.97 Å². The number of carbonyl (C=O) groups is 1. The number of rotatable bonds is 14. The minimum Gasteiger partial charge on any atom is -0.496 e. The van der Waals surface area contributed by atoms with Crippen LogP contribution < -0.4 is 14.2 Å². The van der Waals surface area contributed by atoms with E-state index in [1.807, 2.05) is 0 Å². The Morgan fingerprint density at radius 3 is 1.88 bits per heavy atom. The highest BCUT2D eigenvalue weighted by molar-refractivity contribution is 5.93. The molecule has 0 heterocycles. The highest BCUT2D eigenvalue weighted by Crippen LogP contribution is 2.34. The fourth-order valence-corrected chi connectivity index (χ4v) is 2.62. The Balaban J connectivity index is 2.35. The summed E-state index contributed by atoms with van der Waals surface area (Å²) >= 11 is 0. The molecule has 6 nitrogen and oxygen atoms in total. The molecule has 1 rings (SSSR count). The van der Waals surface area contributed by atoms with Gasteiger partial charge in [0.2, 0.25) is 0 Å². The van der Waals surface area contributed by atoms with Crippen LogP contribution in [0.2, 0.25) is 0 Å². The standard InChI is InChI=1S/C20H32O6/c1-5-6-7-8-9-10-11-12-13-25-26-20(21)16-14-18(23-3)19(24-4)15-17(16)22-2/h14-15H,5-13H2,1-4H3. The molecule has 0 aliphatic heterocycles. The maximum Gasteiger partial charge on any atom is 0.376 e. The molecule has 0 amide bonds. The van der Waals surface area contributed by atoms with E-state index in [0.29, 0.717) is 23.9 Å². The minimum absolute atomic E-state index is 0.223. The Morgan fingerprint density at radius 2 is 1.31 bits per heavy atom. The van der Waals surface area contributed by atoms with E-state index in [2.05, 4.69) is 6.92 Å². The quantitative estimate of drug-likeness (QED) is 0.263. The third-order valence-electron chi connectivity index (χ3n) is 4.14. The summed E-state index contributed by atoms with van der Waals surface area (Å²) < 4.78 is 15.6. The fourth-order valence-electron chi connectivity index (χ4n) is 2.62. The van der Waals surface area contributed by atoms with Crippen molar-refractivity contribution in [3.05, 3.63) is 17.7 Å². The lowest BCUT2D eigenvalue weighted by Crippen LogP contribution is -2.09. The molecule has 0 spiro atoms. The Labute approximate surface area is 156 Å². The number of hydrogen-bond donors (Lipinski definition) is 0. The molecule has 0 fully saturated rings. The van der Waals surface area contributed by atoms with Gasteiger partial charge in [-0.3, -0.25) is 4.89 Å². The lowest BCUT2D eigenvalue weighted by molar-refractivity contribution is -0.241. The van der Waals surface area contributed by atoms with Gasteiger partial charge < -0.3 is 14.2 Å². The van der Waals surface area contributed by atoms with E-state index in [1.165, 1.54) is 65.9 Å². The molecule has 0 saturated carbocycles. The molecule has 0 bridgehead atoms. The van der Waals surface area contributed by atoms with Gasteiger partial charge in [-0.05, 0) is 6.42 Å². The molecule has 0 aliphatic carbocycles. The summed E-state index contributed by atoms with van der Waals surface area (Å²) in [4.78, 5) is 22.1. The number of benzene rings is 1. The zero-order chi connectivity index (χ0) is 19.2. The number of unbranched alkanes of at least 4 members (excludes halogenated alkanes) is 7. The molecule has 148 valence electrons. The molecule has 0 radical (unpaired) electrons. The molecule has 0 aromatic heterocycles. The first kappa shape index (κ1) is 22.1. The third-order valence-corrected chi connectivity index (χ3v) is 4.14. The van der Waals surface area contributed by atoms with Gasteiger partial charge in [-0.1, -0.05) is 51.9 Å². The van der Waals surface area contributed by atoms with Gasteiger partial charge in [-0.25, -0.2) is 4.79 Å². The molecule has 0 aliphatic rings. The van der Waals surface area contributed by atoms with Crippen LogP contribution in [0.1, 0.15) is 68.6 Å². The second-order valence-corrected chi connectivity index (χ2v) is 6.08. The molecule has 0 atom stereocenters. The number of carbonyl (C=O) groups excluding carboxylic acids is 1. The molecule has 0 saturated heterocycles. The summed E-state index contributed by atoms with van der Waals surface area (Å²) in [6.07, 6.45) is 9.57. The third kappa shape index (κ3) is 7.52. The van der Waals surface area contributed by atoms with Gasteiger partial charge in [-0.15, -0.1) is 0 Å². The average molecular weight is 368 g/mol. The molecule has 26 heavy (non-hydrogen) atoms. The van der Waals surface area contributed by atoms with E-state index in [0.717, 1.165) is 12.8 Å². The summed E-state index contributed by atoms with van der Waals surface area (Å²) in [5.41, 5.74) is 0.223. The average Bonchev–Trinajstić information content (AvgIpc) is 2.67. The largest absolute Gasteiger partial charge is 0.496 e. The van der Waals surface area contributed by atoms with Gasteiger partial charge in [0.1, 0.15) is 11.3 Å². The van der Waals surface area contributed by atoms with E-state index in [-0.39, 0.29) is 5.56 Å².